The molecule has 0 aromatic heterocycles. The summed E-state index contributed by atoms with van der Waals surface area (Å²) in [6, 6.07) is -0.413. The van der Waals surface area contributed by atoms with Crippen molar-refractivity contribution in [3.63, 3.8) is 0 Å². The molecule has 0 bridgehead atoms. The van der Waals surface area contributed by atoms with Crippen LogP contribution in [0.1, 0.15) is 32.6 Å². The molecule has 1 fully saturated rings. The molecule has 0 aliphatic carbocycles. The molecule has 1 N–H and O–H groups in total. The van der Waals surface area contributed by atoms with Gasteiger partial charge in [0.05, 0.1) is 12.4 Å². The van der Waals surface area contributed by atoms with Gasteiger partial charge in [0.15, 0.2) is 0 Å². The molecule has 1 aliphatic heterocycles. The van der Waals surface area contributed by atoms with Crippen molar-refractivity contribution >= 4 is 23.6 Å². The molecule has 1 saturated heterocycles. The largest absolute Gasteiger partial charge is 0.464 e. The topological polar surface area (TPSA) is 55.4 Å². The minimum absolute atomic E-state index is 0.0645. The lowest BCUT2D eigenvalue weighted by molar-refractivity contribution is -0.141. The van der Waals surface area contributed by atoms with Gasteiger partial charge in [0.25, 0.3) is 0 Å². The highest BCUT2D eigenvalue weighted by molar-refractivity contribution is 7.99. The molecule has 1 atom stereocenters. The lowest BCUT2D eigenvalue weighted by Crippen LogP contribution is -2.38. The molecule has 0 saturated carbocycles. The van der Waals surface area contributed by atoms with Crippen LogP contribution in [-0.2, 0) is 14.3 Å². The molecule has 5 heteroatoms. The molecular formula is C11H19NO3S. The van der Waals surface area contributed by atoms with E-state index < -0.39 is 6.04 Å². The number of hydrogen-bond donors (Lipinski definition) is 1. The Morgan fingerprint density at radius 3 is 3.00 bits per heavy atom. The smallest absolute Gasteiger partial charge is 0.328 e. The Labute approximate surface area is 100 Å². The van der Waals surface area contributed by atoms with Crippen molar-refractivity contribution in [2.75, 3.05) is 18.1 Å². The molecule has 1 rings (SSSR count). The van der Waals surface area contributed by atoms with E-state index in [1.807, 2.05) is 0 Å². The summed E-state index contributed by atoms with van der Waals surface area (Å²) in [4.78, 5) is 22.5. The zero-order valence-corrected chi connectivity index (χ0v) is 10.5. The maximum absolute atomic E-state index is 11.4. The van der Waals surface area contributed by atoms with Crippen LogP contribution in [0.3, 0.4) is 0 Å². The lowest BCUT2D eigenvalue weighted by atomic mass is 10.2. The van der Waals surface area contributed by atoms with E-state index in [1.54, 1.807) is 11.8 Å². The van der Waals surface area contributed by atoms with E-state index in [-0.39, 0.29) is 11.9 Å². The highest BCUT2D eigenvalue weighted by Crippen LogP contribution is 2.08. The number of nitrogens with one attached hydrogen (secondary N) is 1. The van der Waals surface area contributed by atoms with Crippen LogP contribution in [0.4, 0.5) is 0 Å². The van der Waals surface area contributed by atoms with Crippen LogP contribution < -0.4 is 5.32 Å². The number of carbonyl (C=O) groups is 2. The van der Waals surface area contributed by atoms with Crippen LogP contribution in [0.25, 0.3) is 0 Å². The molecule has 0 aromatic rings. The molecule has 0 unspecified atom stereocenters. The molecule has 4 nitrogen and oxygen atoms in total. The second kappa shape index (κ2) is 7.54. The number of thioether (sulfide) groups is 1. The second-order valence-corrected chi connectivity index (χ2v) is 4.94. The summed E-state index contributed by atoms with van der Waals surface area (Å²) in [5.41, 5.74) is 0. The average Bonchev–Trinajstić information content (AvgIpc) is 2.64. The summed E-state index contributed by atoms with van der Waals surface area (Å²) >= 11 is 1.62. The quantitative estimate of drug-likeness (QED) is 0.543. The first-order valence-electron chi connectivity index (χ1n) is 5.77. The van der Waals surface area contributed by atoms with Crippen LogP contribution in [0.15, 0.2) is 0 Å². The van der Waals surface area contributed by atoms with Gasteiger partial charge in [-0.1, -0.05) is 19.8 Å². The minimum Gasteiger partial charge on any atom is -0.464 e. The monoisotopic (exact) mass is 245 g/mol. The molecule has 0 aromatic carbocycles. The van der Waals surface area contributed by atoms with Crippen LogP contribution >= 0.6 is 11.8 Å². The number of cyclic esters (lactones) is 1. The predicted octanol–water partition coefficient (Wildman–Crippen LogP) is 1.34. The molecule has 1 heterocycles. The van der Waals surface area contributed by atoms with Gasteiger partial charge >= 0.3 is 5.97 Å². The molecule has 16 heavy (non-hydrogen) atoms. The first-order chi connectivity index (χ1) is 7.74. The van der Waals surface area contributed by atoms with E-state index in [9.17, 15) is 9.59 Å². The van der Waals surface area contributed by atoms with Crippen molar-refractivity contribution in [2.45, 2.75) is 38.6 Å². The maximum Gasteiger partial charge on any atom is 0.328 e. The van der Waals surface area contributed by atoms with Gasteiger partial charge in [0.2, 0.25) is 5.91 Å². The third kappa shape index (κ3) is 4.88. The van der Waals surface area contributed by atoms with Crippen LogP contribution in [0.5, 0.6) is 0 Å². The summed E-state index contributed by atoms with van der Waals surface area (Å²) in [6.07, 6.45) is 4.16. The summed E-state index contributed by atoms with van der Waals surface area (Å²) < 4.78 is 4.76. The highest BCUT2D eigenvalue weighted by Gasteiger charge is 2.27. The lowest BCUT2D eigenvalue weighted by Gasteiger charge is -2.08. The number of hydrogen-bond acceptors (Lipinski definition) is 4. The Morgan fingerprint density at radius 2 is 2.38 bits per heavy atom. The third-order valence-corrected chi connectivity index (χ3v) is 3.44. The van der Waals surface area contributed by atoms with Gasteiger partial charge in [-0.2, -0.15) is 11.8 Å². The average molecular weight is 245 g/mol. The fourth-order valence-electron chi connectivity index (χ4n) is 1.48. The Bertz CT molecular complexity index is 245. The second-order valence-electron chi connectivity index (χ2n) is 3.84. The molecule has 0 spiro atoms. The van der Waals surface area contributed by atoms with Gasteiger partial charge in [0.1, 0.15) is 6.04 Å². The summed E-state index contributed by atoms with van der Waals surface area (Å²) in [6.45, 7) is 2.58. The maximum atomic E-state index is 11.4. The van der Waals surface area contributed by atoms with Gasteiger partial charge in [-0.3, -0.25) is 4.79 Å². The fourth-order valence-corrected chi connectivity index (χ4v) is 2.30. The highest BCUT2D eigenvalue weighted by atomic mass is 32.2. The van der Waals surface area contributed by atoms with Crippen LogP contribution in [-0.4, -0.2) is 36.0 Å². The van der Waals surface area contributed by atoms with Gasteiger partial charge in [0, 0.05) is 6.42 Å². The number of ether oxygens (including phenoxy) is 1. The molecule has 92 valence electrons. The summed E-state index contributed by atoms with van der Waals surface area (Å²) in [5.74, 6) is 1.08. The number of unbranched alkanes of at least 4 members (excludes halogenated alkanes) is 2. The number of carbonyl (C=O) groups excluding carboxylic acids is 2. The molecule has 1 aliphatic rings. The van der Waals surface area contributed by atoms with E-state index in [0.29, 0.717) is 18.8 Å². The number of amides is 1. The summed E-state index contributed by atoms with van der Waals surface area (Å²) in [5, 5.41) is 2.69. The molecule has 1 amide bonds. The van der Waals surface area contributed by atoms with Gasteiger partial charge in [-0.15, -0.1) is 0 Å². The van der Waals surface area contributed by atoms with Gasteiger partial charge in [-0.05, 0) is 12.2 Å². The number of esters is 1. The number of rotatable bonds is 7. The van der Waals surface area contributed by atoms with Crippen LogP contribution in [0.2, 0.25) is 0 Å². The fraction of sp³-hybridized carbons (Fsp3) is 0.818. The minimum atomic E-state index is -0.413. The standard InChI is InChI=1S/C11H19NO3S/c1-2-3-4-7-16-8-10(13)12-9-5-6-15-11(9)14/h9H,2-8H2,1H3,(H,12,13)/t9-/m0/s1. The Kier molecular flexibility index (Phi) is 6.30. The zero-order chi connectivity index (χ0) is 11.8. The third-order valence-electron chi connectivity index (χ3n) is 2.40. The van der Waals surface area contributed by atoms with Crippen LogP contribution in [0, 0.1) is 0 Å². The first kappa shape index (κ1) is 13.4. The normalized spacial score (nSPS) is 19.6. The van der Waals surface area contributed by atoms with Crippen molar-refractivity contribution < 1.29 is 14.3 Å². The van der Waals surface area contributed by atoms with E-state index in [4.69, 9.17) is 4.74 Å². The van der Waals surface area contributed by atoms with E-state index in [1.165, 1.54) is 12.8 Å². The Hall–Kier alpha value is -0.710. The SMILES string of the molecule is CCCCCSCC(=O)N[C@H]1CCOC1=O. The van der Waals surface area contributed by atoms with Crippen molar-refractivity contribution in [3.8, 4) is 0 Å². The van der Waals surface area contributed by atoms with Crippen molar-refractivity contribution in [2.24, 2.45) is 0 Å². The van der Waals surface area contributed by atoms with Crippen molar-refractivity contribution in [1.29, 1.82) is 0 Å². The van der Waals surface area contributed by atoms with Gasteiger partial charge < -0.3 is 10.1 Å². The van der Waals surface area contributed by atoms with E-state index >= 15 is 0 Å². The first-order valence-corrected chi connectivity index (χ1v) is 6.93. The van der Waals surface area contributed by atoms with E-state index in [2.05, 4.69) is 12.2 Å². The Balaban J connectivity index is 2.04. The Morgan fingerprint density at radius 1 is 1.56 bits per heavy atom. The van der Waals surface area contributed by atoms with Crippen molar-refractivity contribution in [3.05, 3.63) is 0 Å². The molecule has 0 radical (unpaired) electrons. The zero-order valence-electron chi connectivity index (χ0n) is 9.66. The summed E-state index contributed by atoms with van der Waals surface area (Å²) in [7, 11) is 0. The molecular weight excluding hydrogens is 226 g/mol. The van der Waals surface area contributed by atoms with Crippen molar-refractivity contribution in [1.82, 2.24) is 5.32 Å². The predicted molar refractivity (Wildman–Crippen MR) is 64.4 cm³/mol. The van der Waals surface area contributed by atoms with E-state index in [0.717, 1.165) is 12.2 Å². The van der Waals surface area contributed by atoms with Gasteiger partial charge in [-0.25, -0.2) is 4.79 Å².